The molecule has 1 aliphatic carbocycles. The average Bonchev–Trinajstić information content (AvgIpc) is 2.29. The first-order valence-corrected chi connectivity index (χ1v) is 5.76. The van der Waals surface area contributed by atoms with Crippen LogP contribution in [0, 0.1) is 22.0 Å². The zero-order chi connectivity index (χ0) is 13.7. The van der Waals surface area contributed by atoms with Crippen LogP contribution in [0.4, 0.5) is 0 Å². The van der Waals surface area contributed by atoms with Gasteiger partial charge in [-0.25, -0.2) is 0 Å². The number of ether oxygens (including phenoxy) is 1. The summed E-state index contributed by atoms with van der Waals surface area (Å²) in [5.41, 5.74) is 0.256. The lowest BCUT2D eigenvalue weighted by atomic mass is 9.72. The predicted octanol–water partition coefficient (Wildman–Crippen LogP) is 2.48. The van der Waals surface area contributed by atoms with E-state index in [4.69, 9.17) is 4.74 Å². The highest BCUT2D eigenvalue weighted by molar-refractivity contribution is 5.77. The van der Waals surface area contributed by atoms with Gasteiger partial charge < -0.3 is 4.74 Å². The van der Waals surface area contributed by atoms with Crippen molar-refractivity contribution in [3.63, 3.8) is 0 Å². The summed E-state index contributed by atoms with van der Waals surface area (Å²) >= 11 is 0. The number of allylic oxidation sites excluding steroid dienone is 2. The molecule has 0 spiro atoms. The van der Waals surface area contributed by atoms with Crippen LogP contribution in [0.2, 0.25) is 0 Å². The maximum absolute atomic E-state index is 11.8. The SMILES string of the molecule is C=C/C(=C\C(=C)[N+](=O)[O-])C(C(=O)OC)C1CCC1. The molecule has 5 nitrogen and oxygen atoms in total. The Labute approximate surface area is 106 Å². The molecule has 0 aromatic rings. The van der Waals surface area contributed by atoms with Gasteiger partial charge in [0.15, 0.2) is 0 Å². The van der Waals surface area contributed by atoms with Gasteiger partial charge in [-0.05, 0) is 30.9 Å². The van der Waals surface area contributed by atoms with Gasteiger partial charge in [0.05, 0.1) is 18.0 Å². The number of nitro groups is 1. The quantitative estimate of drug-likeness (QED) is 0.315. The summed E-state index contributed by atoms with van der Waals surface area (Å²) in [5, 5.41) is 10.6. The van der Waals surface area contributed by atoms with Crippen molar-refractivity contribution in [3.8, 4) is 0 Å². The smallest absolute Gasteiger partial charge is 0.313 e. The molecule has 98 valence electrons. The van der Waals surface area contributed by atoms with Gasteiger partial charge >= 0.3 is 5.97 Å². The van der Waals surface area contributed by atoms with Crippen molar-refractivity contribution in [2.75, 3.05) is 7.11 Å². The first-order valence-electron chi connectivity index (χ1n) is 5.76. The van der Waals surface area contributed by atoms with Gasteiger partial charge in [0, 0.05) is 6.08 Å². The van der Waals surface area contributed by atoms with Crippen LogP contribution >= 0.6 is 0 Å². The van der Waals surface area contributed by atoms with Gasteiger partial charge in [-0.15, -0.1) is 0 Å². The van der Waals surface area contributed by atoms with Crippen molar-refractivity contribution in [1.82, 2.24) is 0 Å². The van der Waals surface area contributed by atoms with Crippen molar-refractivity contribution in [3.05, 3.63) is 46.7 Å². The Morgan fingerprint density at radius 2 is 2.17 bits per heavy atom. The van der Waals surface area contributed by atoms with Gasteiger partial charge in [-0.2, -0.15) is 0 Å². The van der Waals surface area contributed by atoms with Crippen LogP contribution in [0.1, 0.15) is 19.3 Å². The Morgan fingerprint density at radius 1 is 1.56 bits per heavy atom. The average molecular weight is 251 g/mol. The fourth-order valence-corrected chi connectivity index (χ4v) is 2.02. The molecule has 0 aromatic carbocycles. The van der Waals surface area contributed by atoms with E-state index in [1.54, 1.807) is 0 Å². The third kappa shape index (κ3) is 3.06. The summed E-state index contributed by atoms with van der Waals surface area (Å²) in [5.74, 6) is -0.666. The summed E-state index contributed by atoms with van der Waals surface area (Å²) in [6.07, 6.45) is 5.69. The molecule has 0 aromatic heterocycles. The van der Waals surface area contributed by atoms with Crippen molar-refractivity contribution < 1.29 is 14.5 Å². The molecule has 5 heteroatoms. The van der Waals surface area contributed by atoms with Crippen molar-refractivity contribution in [2.45, 2.75) is 19.3 Å². The Kier molecular flexibility index (Phi) is 4.83. The molecule has 0 bridgehead atoms. The highest BCUT2D eigenvalue weighted by Gasteiger charge is 2.35. The Hall–Kier alpha value is -1.91. The molecule has 1 fully saturated rings. The molecule has 0 N–H and O–H groups in total. The molecule has 18 heavy (non-hydrogen) atoms. The molecule has 0 radical (unpaired) electrons. The summed E-state index contributed by atoms with van der Waals surface area (Å²) in [7, 11) is 1.32. The zero-order valence-electron chi connectivity index (χ0n) is 10.4. The van der Waals surface area contributed by atoms with Crippen LogP contribution in [0.3, 0.4) is 0 Å². The second-order valence-corrected chi connectivity index (χ2v) is 4.29. The van der Waals surface area contributed by atoms with Crippen molar-refractivity contribution >= 4 is 5.97 Å². The van der Waals surface area contributed by atoms with Gasteiger partial charge in [0.2, 0.25) is 0 Å². The number of methoxy groups -OCH3 is 1. The normalized spacial score (nSPS) is 17.5. The van der Waals surface area contributed by atoms with E-state index >= 15 is 0 Å². The van der Waals surface area contributed by atoms with Crippen LogP contribution in [0.15, 0.2) is 36.6 Å². The number of carbonyl (C=O) groups is 1. The lowest BCUT2D eigenvalue weighted by Gasteiger charge is -2.32. The molecule has 1 unspecified atom stereocenters. The van der Waals surface area contributed by atoms with Crippen molar-refractivity contribution in [2.24, 2.45) is 11.8 Å². The minimum Gasteiger partial charge on any atom is -0.469 e. The minimum absolute atomic E-state index is 0.182. The second-order valence-electron chi connectivity index (χ2n) is 4.29. The topological polar surface area (TPSA) is 69.4 Å². The Morgan fingerprint density at radius 3 is 2.50 bits per heavy atom. The molecule has 1 rings (SSSR count). The minimum atomic E-state index is -0.585. The Bertz CT molecular complexity index is 407. The van der Waals surface area contributed by atoms with E-state index in [0.29, 0.717) is 5.57 Å². The second kappa shape index (κ2) is 6.14. The fourth-order valence-electron chi connectivity index (χ4n) is 2.02. The first kappa shape index (κ1) is 14.2. The third-order valence-electron chi connectivity index (χ3n) is 3.24. The number of hydrogen-bond donors (Lipinski definition) is 0. The molecule has 1 saturated carbocycles. The van der Waals surface area contributed by atoms with E-state index in [1.165, 1.54) is 19.3 Å². The first-order chi connectivity index (χ1) is 8.51. The summed E-state index contributed by atoms with van der Waals surface area (Å²) < 4.78 is 4.77. The summed E-state index contributed by atoms with van der Waals surface area (Å²) in [6, 6.07) is 0. The Balaban J connectivity index is 3.00. The van der Waals surface area contributed by atoms with Gasteiger partial charge in [0.1, 0.15) is 0 Å². The van der Waals surface area contributed by atoms with Crippen LogP contribution < -0.4 is 0 Å². The van der Waals surface area contributed by atoms with E-state index in [-0.39, 0.29) is 17.6 Å². The number of nitrogens with zero attached hydrogens (tertiary/aromatic N) is 1. The number of rotatable bonds is 6. The fraction of sp³-hybridized carbons (Fsp3) is 0.462. The summed E-state index contributed by atoms with van der Waals surface area (Å²) in [6.45, 7) is 6.95. The molecule has 1 aliphatic rings. The monoisotopic (exact) mass is 251 g/mol. The van der Waals surface area contributed by atoms with Gasteiger partial charge in [0.25, 0.3) is 5.70 Å². The van der Waals surface area contributed by atoms with Crippen LogP contribution in [0.25, 0.3) is 0 Å². The van der Waals surface area contributed by atoms with Crippen LogP contribution in [-0.2, 0) is 9.53 Å². The van der Waals surface area contributed by atoms with Crippen LogP contribution in [-0.4, -0.2) is 18.0 Å². The molecule has 0 heterocycles. The van der Waals surface area contributed by atoms with E-state index < -0.39 is 10.8 Å². The summed E-state index contributed by atoms with van der Waals surface area (Å²) in [4.78, 5) is 21.8. The van der Waals surface area contributed by atoms with E-state index in [2.05, 4.69) is 13.2 Å². The molecular weight excluding hydrogens is 234 g/mol. The lowest BCUT2D eigenvalue weighted by Crippen LogP contribution is -2.31. The zero-order valence-corrected chi connectivity index (χ0v) is 10.4. The number of carbonyl (C=O) groups excluding carboxylic acids is 1. The lowest BCUT2D eigenvalue weighted by molar-refractivity contribution is -0.418. The molecule has 1 atom stereocenters. The standard InChI is InChI=1S/C13H17NO4/c1-4-10(8-9(2)14(16)17)12(13(15)18-3)11-6-5-7-11/h4,8,11-12H,1-2,5-7H2,3H3/b10-8+. The van der Waals surface area contributed by atoms with E-state index in [0.717, 1.165) is 19.3 Å². The highest BCUT2D eigenvalue weighted by Crippen LogP contribution is 2.38. The molecule has 0 saturated heterocycles. The largest absolute Gasteiger partial charge is 0.469 e. The number of hydrogen-bond acceptors (Lipinski definition) is 4. The van der Waals surface area contributed by atoms with Gasteiger partial charge in [-0.1, -0.05) is 19.1 Å². The van der Waals surface area contributed by atoms with Gasteiger partial charge in [-0.3, -0.25) is 14.9 Å². The maximum Gasteiger partial charge on any atom is 0.313 e. The molecule has 0 amide bonds. The van der Waals surface area contributed by atoms with E-state index in [9.17, 15) is 14.9 Å². The van der Waals surface area contributed by atoms with Crippen LogP contribution in [0.5, 0.6) is 0 Å². The highest BCUT2D eigenvalue weighted by atomic mass is 16.6. The predicted molar refractivity (Wildman–Crippen MR) is 67.3 cm³/mol. The maximum atomic E-state index is 11.8. The molecule has 0 aliphatic heterocycles. The number of esters is 1. The van der Waals surface area contributed by atoms with Crippen molar-refractivity contribution in [1.29, 1.82) is 0 Å². The third-order valence-corrected chi connectivity index (χ3v) is 3.24. The van der Waals surface area contributed by atoms with E-state index in [1.807, 2.05) is 0 Å². The molecular formula is C13H17NO4.